The van der Waals surface area contributed by atoms with Crippen LogP contribution in [-0.4, -0.2) is 35.7 Å². The van der Waals surface area contributed by atoms with E-state index in [0.29, 0.717) is 12.3 Å². The fourth-order valence-corrected chi connectivity index (χ4v) is 4.67. The summed E-state index contributed by atoms with van der Waals surface area (Å²) in [6.07, 6.45) is 6.98. The van der Waals surface area contributed by atoms with Crippen molar-refractivity contribution >= 4 is 33.9 Å². The Balaban J connectivity index is 1.53. The average molecular weight is 485 g/mol. The summed E-state index contributed by atoms with van der Waals surface area (Å²) >= 11 is 1.53. The monoisotopic (exact) mass is 484 g/mol. The highest BCUT2D eigenvalue weighted by molar-refractivity contribution is 7.98. The van der Waals surface area contributed by atoms with Crippen molar-refractivity contribution in [3.8, 4) is 11.3 Å². The highest BCUT2D eigenvalue weighted by atomic mass is 32.2. The second-order valence-electron chi connectivity index (χ2n) is 8.60. The van der Waals surface area contributed by atoms with Gasteiger partial charge >= 0.3 is 0 Å². The highest BCUT2D eigenvalue weighted by Crippen LogP contribution is 2.32. The van der Waals surface area contributed by atoms with Crippen LogP contribution in [0, 0.1) is 10.1 Å². The smallest absolute Gasteiger partial charge is 0.258 e. The topological polar surface area (TPSA) is 99.1 Å². The molecule has 0 unspecified atom stereocenters. The summed E-state index contributed by atoms with van der Waals surface area (Å²) in [5.41, 5.74) is 4.98. The maximum Gasteiger partial charge on any atom is 0.270 e. The van der Waals surface area contributed by atoms with Gasteiger partial charge in [-0.3, -0.25) is 15.1 Å². The van der Waals surface area contributed by atoms with Crippen molar-refractivity contribution in [2.45, 2.75) is 37.8 Å². The van der Waals surface area contributed by atoms with Gasteiger partial charge in [-0.15, -0.1) is 0 Å². The molecular weight excluding hydrogens is 460 g/mol. The zero-order chi connectivity index (χ0) is 24.5. The van der Waals surface area contributed by atoms with E-state index in [1.807, 2.05) is 35.2 Å². The molecule has 8 nitrogen and oxygen atoms in total. The van der Waals surface area contributed by atoms with E-state index in [1.165, 1.54) is 17.8 Å². The third-order valence-corrected chi connectivity index (χ3v) is 6.64. The molecule has 3 aromatic heterocycles. The third kappa shape index (κ3) is 4.35. The molecule has 0 bridgehead atoms. The minimum atomic E-state index is -0.376. The number of pyridine rings is 1. The first kappa shape index (κ1) is 22.9. The molecule has 0 atom stereocenters. The average Bonchev–Trinajstić information content (AvgIpc) is 3.31. The lowest BCUT2D eigenvalue weighted by Crippen LogP contribution is -2.08. The lowest BCUT2D eigenvalue weighted by Gasteiger charge is -2.12. The molecule has 0 N–H and O–H groups in total. The van der Waals surface area contributed by atoms with E-state index in [-0.39, 0.29) is 10.6 Å². The van der Waals surface area contributed by atoms with Crippen LogP contribution in [0.5, 0.6) is 0 Å². The molecule has 2 aromatic carbocycles. The number of nitro benzene ring substituents is 1. The SMILES string of the molecule is CSc1nc(CCc2ccccc2-c2nccc3cc([N+](=O)[O-])ccc23)n2ncc(C(C)C)c2n1. The Kier molecular flexibility index (Phi) is 6.17. The van der Waals surface area contributed by atoms with Gasteiger partial charge in [0.05, 0.1) is 16.8 Å². The summed E-state index contributed by atoms with van der Waals surface area (Å²) in [6.45, 7) is 4.28. The number of rotatable bonds is 7. The Morgan fingerprint density at radius 2 is 1.91 bits per heavy atom. The van der Waals surface area contributed by atoms with Gasteiger partial charge < -0.3 is 0 Å². The van der Waals surface area contributed by atoms with Crippen molar-refractivity contribution in [2.24, 2.45) is 0 Å². The number of hydrogen-bond acceptors (Lipinski definition) is 7. The number of fused-ring (bicyclic) bond motifs is 2. The summed E-state index contributed by atoms with van der Waals surface area (Å²) in [5.74, 6) is 1.18. The maximum absolute atomic E-state index is 11.2. The van der Waals surface area contributed by atoms with Crippen LogP contribution in [0.4, 0.5) is 5.69 Å². The van der Waals surface area contributed by atoms with E-state index in [4.69, 9.17) is 9.97 Å². The minimum absolute atomic E-state index is 0.0697. The van der Waals surface area contributed by atoms with E-state index < -0.39 is 0 Å². The van der Waals surface area contributed by atoms with Crippen molar-refractivity contribution < 1.29 is 4.92 Å². The van der Waals surface area contributed by atoms with Crippen molar-refractivity contribution in [3.63, 3.8) is 0 Å². The van der Waals surface area contributed by atoms with Crippen molar-refractivity contribution in [1.82, 2.24) is 24.6 Å². The molecule has 3 heterocycles. The number of nitrogens with zero attached hydrogens (tertiary/aromatic N) is 6. The summed E-state index contributed by atoms with van der Waals surface area (Å²) in [6, 6.07) is 14.9. The first-order valence-electron chi connectivity index (χ1n) is 11.4. The normalized spacial score (nSPS) is 11.5. The molecule has 0 amide bonds. The van der Waals surface area contributed by atoms with Gasteiger partial charge in [-0.2, -0.15) is 5.10 Å². The number of hydrogen-bond donors (Lipinski definition) is 0. The standard InChI is InChI=1S/C26H24N6O2S/c1-16(2)22-15-28-31-23(29-26(35-3)30-25(22)31)11-8-17-6-4-5-7-20(17)24-21-10-9-19(32(33)34)14-18(21)12-13-27-24/h4-7,9-10,12-16H,8,11H2,1-3H3. The zero-order valence-corrected chi connectivity index (χ0v) is 20.5. The van der Waals surface area contributed by atoms with Gasteiger partial charge in [0.25, 0.3) is 5.69 Å². The second-order valence-corrected chi connectivity index (χ2v) is 9.37. The summed E-state index contributed by atoms with van der Waals surface area (Å²) in [7, 11) is 0. The van der Waals surface area contributed by atoms with Crippen molar-refractivity contribution in [3.05, 3.63) is 88.0 Å². The van der Waals surface area contributed by atoms with Gasteiger partial charge in [0.2, 0.25) is 0 Å². The lowest BCUT2D eigenvalue weighted by molar-refractivity contribution is -0.384. The molecule has 0 aliphatic heterocycles. The molecule has 35 heavy (non-hydrogen) atoms. The molecule has 176 valence electrons. The summed E-state index contributed by atoms with van der Waals surface area (Å²) < 4.78 is 1.85. The zero-order valence-electron chi connectivity index (χ0n) is 19.7. The molecule has 0 saturated heterocycles. The third-order valence-electron chi connectivity index (χ3n) is 6.10. The number of non-ortho nitro benzene ring substituents is 1. The molecule has 0 aliphatic carbocycles. The molecule has 5 rings (SSSR count). The van der Waals surface area contributed by atoms with Gasteiger partial charge in [-0.1, -0.05) is 49.9 Å². The Labute approximate surface area is 206 Å². The molecule has 5 aromatic rings. The first-order valence-corrected chi connectivity index (χ1v) is 12.6. The summed E-state index contributed by atoms with van der Waals surface area (Å²) in [4.78, 5) is 25.0. The van der Waals surface area contributed by atoms with Crippen LogP contribution in [0.3, 0.4) is 0 Å². The molecule has 0 radical (unpaired) electrons. The van der Waals surface area contributed by atoms with Crippen LogP contribution in [0.1, 0.15) is 36.7 Å². The molecule has 0 spiro atoms. The largest absolute Gasteiger partial charge is 0.270 e. The van der Waals surface area contributed by atoms with Crippen molar-refractivity contribution in [1.29, 1.82) is 0 Å². The fourth-order valence-electron chi connectivity index (χ4n) is 4.30. The van der Waals surface area contributed by atoms with E-state index in [0.717, 1.165) is 56.2 Å². The second kappa shape index (κ2) is 9.42. The number of nitro groups is 1. The predicted octanol–water partition coefficient (Wildman–Crippen LogP) is 5.88. The van der Waals surface area contributed by atoms with Gasteiger partial charge in [0, 0.05) is 41.3 Å². The minimum Gasteiger partial charge on any atom is -0.258 e. The molecule has 0 saturated carbocycles. The number of aryl methyl sites for hydroxylation is 2. The number of thioether (sulfide) groups is 1. The van der Waals surface area contributed by atoms with Gasteiger partial charge in [0.1, 0.15) is 5.82 Å². The van der Waals surface area contributed by atoms with E-state index in [9.17, 15) is 10.1 Å². The Hall–Kier alpha value is -3.85. The molecule has 0 fully saturated rings. The van der Waals surface area contributed by atoms with Crippen LogP contribution in [0.25, 0.3) is 27.7 Å². The van der Waals surface area contributed by atoms with Gasteiger partial charge in [-0.05, 0) is 41.7 Å². The van der Waals surface area contributed by atoms with Crippen LogP contribution in [0.15, 0.2) is 66.1 Å². The Morgan fingerprint density at radius 3 is 2.69 bits per heavy atom. The van der Waals surface area contributed by atoms with Crippen LogP contribution in [0.2, 0.25) is 0 Å². The molecule has 9 heteroatoms. The van der Waals surface area contributed by atoms with Crippen molar-refractivity contribution in [2.75, 3.05) is 6.26 Å². The summed E-state index contributed by atoms with van der Waals surface area (Å²) in [5, 5.41) is 18.2. The first-order chi connectivity index (χ1) is 17.0. The molecule has 0 aliphatic rings. The van der Waals surface area contributed by atoms with Gasteiger partial charge in [0.15, 0.2) is 10.8 Å². The quantitative estimate of drug-likeness (QED) is 0.162. The van der Waals surface area contributed by atoms with Crippen LogP contribution in [-0.2, 0) is 12.8 Å². The van der Waals surface area contributed by atoms with Gasteiger partial charge in [-0.25, -0.2) is 14.5 Å². The van der Waals surface area contributed by atoms with Crippen LogP contribution >= 0.6 is 11.8 Å². The van der Waals surface area contributed by atoms with E-state index in [2.05, 4.69) is 30.0 Å². The van der Waals surface area contributed by atoms with Crippen LogP contribution < -0.4 is 0 Å². The molecular formula is C26H24N6O2S. The van der Waals surface area contributed by atoms with E-state index in [1.54, 1.807) is 24.4 Å². The lowest BCUT2D eigenvalue weighted by atomic mass is 9.96. The number of benzene rings is 2. The maximum atomic E-state index is 11.2. The van der Waals surface area contributed by atoms with E-state index >= 15 is 0 Å². The Bertz CT molecular complexity index is 1560. The highest BCUT2D eigenvalue weighted by Gasteiger charge is 2.17. The predicted molar refractivity (Wildman–Crippen MR) is 138 cm³/mol. The number of aromatic nitrogens is 5. The Morgan fingerprint density at radius 1 is 1.09 bits per heavy atom. The fraction of sp³-hybridized carbons (Fsp3) is 0.231.